The van der Waals surface area contributed by atoms with Crippen molar-refractivity contribution < 1.29 is 14.3 Å². The van der Waals surface area contributed by atoms with Crippen molar-refractivity contribution >= 4 is 23.5 Å². The van der Waals surface area contributed by atoms with E-state index in [0.717, 1.165) is 5.56 Å². The third kappa shape index (κ3) is 3.16. The number of benzene rings is 1. The lowest BCUT2D eigenvalue weighted by Gasteiger charge is -2.27. The van der Waals surface area contributed by atoms with E-state index in [1.54, 1.807) is 24.8 Å². The van der Waals surface area contributed by atoms with Crippen molar-refractivity contribution in [1.29, 1.82) is 0 Å². The van der Waals surface area contributed by atoms with E-state index in [4.69, 9.17) is 9.47 Å². The molecule has 1 aromatic heterocycles. The standard InChI is InChI=1S/C18H21N3O4S/c1-5-25-12-7-6-10(8-13(12)24-3)11-9-14(22)19-16-15(11)17(23)20-18(26-4)21(16)2/h6-8,11H,5,9H2,1-4H3,(H,19,22). The number of nitrogens with one attached hydrogen (secondary N) is 1. The van der Waals surface area contributed by atoms with Gasteiger partial charge < -0.3 is 19.4 Å². The first-order valence-electron chi connectivity index (χ1n) is 8.25. The summed E-state index contributed by atoms with van der Waals surface area (Å²) < 4.78 is 12.7. The summed E-state index contributed by atoms with van der Waals surface area (Å²) in [6.07, 6.45) is 2.02. The predicted octanol–water partition coefficient (Wildman–Crippen LogP) is 2.38. The monoisotopic (exact) mass is 375 g/mol. The van der Waals surface area contributed by atoms with Gasteiger partial charge in [0.25, 0.3) is 5.56 Å². The zero-order valence-electron chi connectivity index (χ0n) is 15.2. The molecule has 138 valence electrons. The summed E-state index contributed by atoms with van der Waals surface area (Å²) in [5, 5.41) is 3.37. The summed E-state index contributed by atoms with van der Waals surface area (Å²) in [5.41, 5.74) is 0.994. The van der Waals surface area contributed by atoms with Gasteiger partial charge in [0.2, 0.25) is 5.91 Å². The minimum Gasteiger partial charge on any atom is -0.493 e. The molecule has 0 radical (unpaired) electrons. The molecular weight excluding hydrogens is 354 g/mol. The van der Waals surface area contributed by atoms with E-state index >= 15 is 0 Å². The van der Waals surface area contributed by atoms with E-state index < -0.39 is 0 Å². The highest BCUT2D eigenvalue weighted by molar-refractivity contribution is 7.98. The number of fused-ring (bicyclic) bond motifs is 1. The van der Waals surface area contributed by atoms with Crippen LogP contribution in [0.5, 0.6) is 11.5 Å². The third-order valence-electron chi connectivity index (χ3n) is 4.37. The van der Waals surface area contributed by atoms with Crippen LogP contribution in [0.3, 0.4) is 0 Å². The highest BCUT2D eigenvalue weighted by atomic mass is 32.2. The fourth-order valence-electron chi connectivity index (χ4n) is 3.18. The molecule has 1 aromatic carbocycles. The summed E-state index contributed by atoms with van der Waals surface area (Å²) in [5.74, 6) is 1.18. The van der Waals surface area contributed by atoms with E-state index in [-0.39, 0.29) is 23.8 Å². The third-order valence-corrected chi connectivity index (χ3v) is 5.10. The molecule has 1 N–H and O–H groups in total. The number of nitrogens with zero attached hydrogens (tertiary/aromatic N) is 2. The van der Waals surface area contributed by atoms with Crippen molar-refractivity contribution in [2.45, 2.75) is 24.4 Å². The van der Waals surface area contributed by atoms with Gasteiger partial charge in [-0.15, -0.1) is 0 Å². The largest absolute Gasteiger partial charge is 0.493 e. The second-order valence-electron chi connectivity index (χ2n) is 5.87. The molecule has 1 atom stereocenters. The number of aromatic nitrogens is 2. The van der Waals surface area contributed by atoms with Gasteiger partial charge >= 0.3 is 0 Å². The van der Waals surface area contributed by atoms with Crippen LogP contribution in [0.2, 0.25) is 0 Å². The number of anilines is 1. The number of rotatable bonds is 5. The fraction of sp³-hybridized carbons (Fsp3) is 0.389. The first-order valence-corrected chi connectivity index (χ1v) is 9.48. The first-order chi connectivity index (χ1) is 12.5. The van der Waals surface area contributed by atoms with E-state index in [1.807, 2.05) is 25.3 Å². The van der Waals surface area contributed by atoms with Gasteiger partial charge in [-0.1, -0.05) is 17.8 Å². The van der Waals surface area contributed by atoms with E-state index in [1.165, 1.54) is 11.8 Å². The van der Waals surface area contributed by atoms with Crippen molar-refractivity contribution in [3.63, 3.8) is 0 Å². The fourth-order valence-corrected chi connectivity index (χ4v) is 3.72. The summed E-state index contributed by atoms with van der Waals surface area (Å²) in [4.78, 5) is 29.1. The molecule has 26 heavy (non-hydrogen) atoms. The molecule has 1 aliphatic heterocycles. The number of amides is 1. The predicted molar refractivity (Wildman–Crippen MR) is 101 cm³/mol. The lowest BCUT2D eigenvalue weighted by Crippen LogP contribution is -2.33. The van der Waals surface area contributed by atoms with Gasteiger partial charge in [0.05, 0.1) is 19.3 Å². The van der Waals surface area contributed by atoms with Crippen molar-refractivity contribution in [1.82, 2.24) is 9.55 Å². The second kappa shape index (κ2) is 7.41. The molecular formula is C18H21N3O4S. The highest BCUT2D eigenvalue weighted by Gasteiger charge is 2.32. The van der Waals surface area contributed by atoms with Gasteiger partial charge in [0.15, 0.2) is 16.7 Å². The molecule has 7 nitrogen and oxygen atoms in total. The van der Waals surface area contributed by atoms with Crippen molar-refractivity contribution in [2.75, 3.05) is 25.3 Å². The molecule has 1 aliphatic rings. The van der Waals surface area contributed by atoms with Crippen LogP contribution >= 0.6 is 11.8 Å². The van der Waals surface area contributed by atoms with Gasteiger partial charge in [-0.25, -0.2) is 0 Å². The minimum absolute atomic E-state index is 0.136. The number of hydrogen-bond donors (Lipinski definition) is 1. The normalized spacial score (nSPS) is 16.0. The van der Waals surface area contributed by atoms with E-state index in [2.05, 4.69) is 10.3 Å². The average molecular weight is 375 g/mol. The number of hydrogen-bond acceptors (Lipinski definition) is 6. The smallest absolute Gasteiger partial charge is 0.279 e. The topological polar surface area (TPSA) is 82.5 Å². The van der Waals surface area contributed by atoms with Crippen LogP contribution in [-0.2, 0) is 11.8 Å². The number of carbonyl (C=O) groups is 1. The van der Waals surface area contributed by atoms with Crippen LogP contribution in [-0.4, -0.2) is 35.4 Å². The molecule has 0 bridgehead atoms. The Morgan fingerprint density at radius 2 is 2.12 bits per heavy atom. The molecule has 2 aromatic rings. The molecule has 0 saturated heterocycles. The zero-order chi connectivity index (χ0) is 18.8. The maximum atomic E-state index is 12.7. The Morgan fingerprint density at radius 3 is 2.77 bits per heavy atom. The Morgan fingerprint density at radius 1 is 1.35 bits per heavy atom. The molecule has 3 rings (SSSR count). The first kappa shape index (κ1) is 18.3. The molecule has 0 saturated carbocycles. The Kier molecular flexibility index (Phi) is 5.22. The quantitative estimate of drug-likeness (QED) is 0.638. The number of thioether (sulfide) groups is 1. The van der Waals surface area contributed by atoms with Gasteiger partial charge in [-0.05, 0) is 30.9 Å². The molecule has 0 aliphatic carbocycles. The van der Waals surface area contributed by atoms with Crippen molar-refractivity contribution in [2.24, 2.45) is 7.05 Å². The Bertz CT molecular complexity index is 910. The van der Waals surface area contributed by atoms with Crippen LogP contribution < -0.4 is 20.3 Å². The van der Waals surface area contributed by atoms with Crippen LogP contribution in [0.4, 0.5) is 5.82 Å². The van der Waals surface area contributed by atoms with E-state index in [9.17, 15) is 9.59 Å². The Balaban J connectivity index is 2.15. The lowest BCUT2D eigenvalue weighted by atomic mass is 9.86. The number of ether oxygens (including phenoxy) is 2. The van der Waals surface area contributed by atoms with Crippen LogP contribution in [0.25, 0.3) is 0 Å². The maximum absolute atomic E-state index is 12.7. The molecule has 8 heteroatoms. The molecule has 0 fully saturated rings. The highest BCUT2D eigenvalue weighted by Crippen LogP contribution is 2.39. The van der Waals surface area contributed by atoms with E-state index in [0.29, 0.717) is 34.6 Å². The SMILES string of the molecule is CCOc1ccc(C2CC(=O)Nc3c2c(=O)nc(SC)n3C)cc1OC. The summed E-state index contributed by atoms with van der Waals surface area (Å²) in [6.45, 7) is 2.42. The summed E-state index contributed by atoms with van der Waals surface area (Å²) in [6, 6.07) is 5.49. The molecule has 1 amide bonds. The zero-order valence-corrected chi connectivity index (χ0v) is 16.0. The second-order valence-corrected chi connectivity index (χ2v) is 6.65. The van der Waals surface area contributed by atoms with Crippen LogP contribution in [0.15, 0.2) is 28.2 Å². The van der Waals surface area contributed by atoms with Crippen molar-refractivity contribution in [3.05, 3.63) is 39.7 Å². The van der Waals surface area contributed by atoms with Gasteiger partial charge in [-0.2, -0.15) is 4.98 Å². The van der Waals surface area contributed by atoms with Crippen LogP contribution in [0, 0.1) is 0 Å². The van der Waals surface area contributed by atoms with Crippen LogP contribution in [0.1, 0.15) is 30.4 Å². The lowest BCUT2D eigenvalue weighted by molar-refractivity contribution is -0.116. The van der Waals surface area contributed by atoms with Gasteiger partial charge in [0.1, 0.15) is 5.82 Å². The molecule has 1 unspecified atom stereocenters. The molecule has 0 spiro atoms. The Labute approximate surface area is 155 Å². The summed E-state index contributed by atoms with van der Waals surface area (Å²) in [7, 11) is 3.35. The van der Waals surface area contributed by atoms with Gasteiger partial charge in [0, 0.05) is 19.4 Å². The number of methoxy groups -OCH3 is 1. The maximum Gasteiger partial charge on any atom is 0.279 e. The van der Waals surface area contributed by atoms with Gasteiger partial charge in [-0.3, -0.25) is 9.59 Å². The average Bonchev–Trinajstić information content (AvgIpc) is 2.64. The minimum atomic E-state index is -0.384. The summed E-state index contributed by atoms with van der Waals surface area (Å²) >= 11 is 1.36. The molecule has 2 heterocycles. The Hall–Kier alpha value is -2.48. The number of carbonyl (C=O) groups excluding carboxylic acids is 1. The van der Waals surface area contributed by atoms with Crippen molar-refractivity contribution in [3.8, 4) is 11.5 Å².